The van der Waals surface area contributed by atoms with E-state index in [2.05, 4.69) is 120 Å². The van der Waals surface area contributed by atoms with Gasteiger partial charge in [0.1, 0.15) is 5.70 Å². The zero-order chi connectivity index (χ0) is 38.8. The van der Waals surface area contributed by atoms with Crippen molar-refractivity contribution in [3.63, 3.8) is 0 Å². The molecule has 0 fully saturated rings. The maximum absolute atomic E-state index is 15.0. The van der Waals surface area contributed by atoms with Gasteiger partial charge in [0, 0.05) is 15.5 Å². The first-order valence-corrected chi connectivity index (χ1v) is 21.2. The van der Waals surface area contributed by atoms with Gasteiger partial charge in [-0.2, -0.15) is 0 Å². The average molecular weight is 782 g/mol. The minimum absolute atomic E-state index is 0.104. The van der Waals surface area contributed by atoms with Gasteiger partial charge in [0.15, 0.2) is 0 Å². The molecule has 3 heterocycles. The quantitative estimate of drug-likeness (QED) is 0.0883. The molecule has 1 aromatic carbocycles. The molecule has 0 bridgehead atoms. The number of allylic oxidation sites excluding steroid dienone is 7. The van der Waals surface area contributed by atoms with Crippen molar-refractivity contribution < 1.29 is 8.82 Å². The number of aromatic nitrogens is 2. The van der Waals surface area contributed by atoms with Crippen LogP contribution in [0.3, 0.4) is 0 Å². The van der Waals surface area contributed by atoms with Crippen LogP contribution in [0.5, 0.6) is 0 Å². The van der Waals surface area contributed by atoms with E-state index in [1.165, 1.54) is 5.39 Å². The number of anilines is 2. The number of fused-ring (bicyclic) bond motifs is 1. The molecule has 3 aromatic rings. The molecule has 8 heteroatoms. The normalized spacial score (nSPS) is 15.5. The molecule has 280 valence electrons. The molecule has 51 heavy (non-hydrogen) atoms. The predicted molar refractivity (Wildman–Crippen MR) is 230 cm³/mol. The molecule has 0 N–H and O–H groups in total. The zero-order valence-corrected chi connectivity index (χ0v) is 36.6. The van der Waals surface area contributed by atoms with Crippen molar-refractivity contribution in [3.05, 3.63) is 121 Å². The Labute approximate surface area is 319 Å². The van der Waals surface area contributed by atoms with E-state index in [1.807, 2.05) is 113 Å². The molecule has 0 aliphatic carbocycles. The van der Waals surface area contributed by atoms with E-state index in [9.17, 15) is 4.48 Å². The van der Waals surface area contributed by atoms with Crippen molar-refractivity contribution in [3.8, 4) is 0 Å². The fourth-order valence-electron chi connectivity index (χ4n) is 5.46. The predicted octanol–water partition coefficient (Wildman–Crippen LogP) is 11.5. The van der Waals surface area contributed by atoms with Gasteiger partial charge >= 0.3 is 145 Å². The Kier molecular flexibility index (Phi) is 20.4. The number of nitrogens with zero attached hydrogens (tertiary/aromatic N) is 5. The first-order valence-electron chi connectivity index (χ1n) is 18.0. The molecule has 0 spiro atoms. The summed E-state index contributed by atoms with van der Waals surface area (Å²) in [6, 6.07) is 16.4. The van der Waals surface area contributed by atoms with E-state index in [0.29, 0.717) is 21.5 Å². The average Bonchev–Trinajstić information content (AvgIpc) is 3.72. The fraction of sp³-hybridized carbons (Fsp3) is 0.419. The second-order valence-corrected chi connectivity index (χ2v) is 16.1. The summed E-state index contributed by atoms with van der Waals surface area (Å²) in [6.07, 6.45) is 17.7. The molecular formula is C43H66FN5PSe+. The van der Waals surface area contributed by atoms with Gasteiger partial charge in [-0.1, -0.05) is 67.2 Å². The number of hydrogen-bond donors (Lipinski definition) is 0. The van der Waals surface area contributed by atoms with Crippen LogP contribution in [-0.2, 0) is 0 Å². The summed E-state index contributed by atoms with van der Waals surface area (Å²) in [7, 11) is 5.00. The topological polar surface area (TPSA) is 18.5 Å². The van der Waals surface area contributed by atoms with E-state index >= 15 is 0 Å². The van der Waals surface area contributed by atoms with E-state index in [0.717, 1.165) is 40.1 Å². The van der Waals surface area contributed by atoms with Gasteiger partial charge in [0.2, 0.25) is 11.5 Å². The van der Waals surface area contributed by atoms with Crippen LogP contribution >= 0.6 is 9.39 Å². The minimum atomic E-state index is -0.411. The summed E-state index contributed by atoms with van der Waals surface area (Å²) in [5.74, 6) is 3.32. The van der Waals surface area contributed by atoms with Crippen LogP contribution in [-0.4, -0.2) is 50.9 Å². The van der Waals surface area contributed by atoms with Crippen LogP contribution in [0, 0.1) is 10.8 Å². The molecule has 4 rings (SSSR count). The number of halogens is 1. The summed E-state index contributed by atoms with van der Waals surface area (Å²) in [6.45, 7) is 28.3. The Hall–Kier alpha value is -3.21. The summed E-state index contributed by atoms with van der Waals surface area (Å²) in [5, 5.41) is 2.15. The monoisotopic (exact) mass is 782 g/mol. The Balaban J connectivity index is 0.000000465. The van der Waals surface area contributed by atoms with Crippen molar-refractivity contribution in [2.75, 3.05) is 29.9 Å². The molecule has 2 unspecified atom stereocenters. The van der Waals surface area contributed by atoms with Gasteiger partial charge in [-0.05, 0) is 36.6 Å². The van der Waals surface area contributed by atoms with Crippen molar-refractivity contribution in [2.45, 2.75) is 88.1 Å². The molecule has 0 radical (unpaired) electrons. The second-order valence-electron chi connectivity index (χ2n) is 14.0. The third kappa shape index (κ3) is 14.4. The van der Waals surface area contributed by atoms with Crippen molar-refractivity contribution in [1.29, 1.82) is 0 Å². The Bertz CT molecular complexity index is 1620. The Morgan fingerprint density at radius 1 is 0.961 bits per heavy atom. The molecule has 0 saturated carbocycles. The molecule has 5 nitrogen and oxygen atoms in total. The first kappa shape index (κ1) is 45.8. The maximum atomic E-state index is 15.0. The molecule has 1 aliphatic rings. The van der Waals surface area contributed by atoms with Gasteiger partial charge in [-0.3, -0.25) is 4.90 Å². The molecule has 0 amide bonds. The van der Waals surface area contributed by atoms with Gasteiger partial charge in [0.05, 0.1) is 25.2 Å². The number of pyridine rings is 1. The Morgan fingerprint density at radius 3 is 2.14 bits per heavy atom. The van der Waals surface area contributed by atoms with E-state index in [-0.39, 0.29) is 10.8 Å². The van der Waals surface area contributed by atoms with Crippen LogP contribution < -0.4 is 14.1 Å². The number of hydrogen-bond acceptors (Lipinski definition) is 3. The first-order chi connectivity index (χ1) is 24.2. The molecule has 0 saturated heterocycles. The number of rotatable bonds is 10. The second kappa shape index (κ2) is 22.7. The fourth-order valence-corrected chi connectivity index (χ4v) is 6.51. The number of benzene rings is 1. The standard InChI is InChI=1S/C20H29N3P.C19H25FN2Se.2C2H6/c1-7-9-10-17(8-2)22-14-13-16-11-12-18(23(24)19(16)22)21(6)15-20(3,4)5;1-19(2,3)15-22(20)18-16(9-8-14-23-4)12-13-21(18)17-10-6-5-7-11-17;2*1-2/h7-14H,2,15,24H2,1,3-6H3;5-14,18H,15H2,1-4H3;2*1-2H3/q+1;;;/b9-7-,17-10+;14-8-,16-9-;;. The van der Waals surface area contributed by atoms with Crippen LogP contribution in [0.15, 0.2) is 121 Å². The molecular weight excluding hydrogens is 715 g/mol. The van der Waals surface area contributed by atoms with Crippen LogP contribution in [0.2, 0.25) is 5.82 Å². The van der Waals surface area contributed by atoms with E-state index in [4.69, 9.17) is 0 Å². The van der Waals surface area contributed by atoms with Gasteiger partial charge < -0.3 is 0 Å². The summed E-state index contributed by atoms with van der Waals surface area (Å²) in [4.78, 5) is 6.43. The van der Waals surface area contributed by atoms with E-state index < -0.39 is 6.17 Å². The zero-order valence-electron chi connectivity index (χ0n) is 33.7. The van der Waals surface area contributed by atoms with Gasteiger partial charge in [0.25, 0.3) is 0 Å². The Morgan fingerprint density at radius 2 is 1.59 bits per heavy atom. The van der Waals surface area contributed by atoms with Crippen LogP contribution in [0.4, 0.5) is 16.0 Å². The number of para-hydroxylation sites is 1. The van der Waals surface area contributed by atoms with Crippen molar-refractivity contribution in [2.24, 2.45) is 10.8 Å². The van der Waals surface area contributed by atoms with Crippen LogP contribution in [0.25, 0.3) is 16.7 Å². The van der Waals surface area contributed by atoms with Crippen molar-refractivity contribution >= 4 is 52.6 Å². The van der Waals surface area contributed by atoms with E-state index in [1.54, 1.807) is 0 Å². The molecule has 1 aliphatic heterocycles. The molecule has 2 aromatic heterocycles. The van der Waals surface area contributed by atoms with Gasteiger partial charge in [-0.25, -0.2) is 8.90 Å². The third-order valence-electron chi connectivity index (χ3n) is 7.26. The summed E-state index contributed by atoms with van der Waals surface area (Å²) >= 11 is 0.481. The molecule has 2 atom stereocenters. The van der Waals surface area contributed by atoms with Gasteiger partial charge in [-0.15, -0.1) is 0 Å². The SMILES string of the molecule is C=C/C(=C\C=C/C)n1ccc2ccc(N(C)CC(C)(C)C)[n+](P)c21.CC.CC.C[Se]/C=C\C=C1\C=CN(c2ccccc2)C1N(F)CC(C)(C)C. The van der Waals surface area contributed by atoms with Crippen LogP contribution in [0.1, 0.15) is 76.2 Å². The van der Waals surface area contributed by atoms with Crippen molar-refractivity contribution in [1.82, 2.24) is 9.69 Å². The summed E-state index contributed by atoms with van der Waals surface area (Å²) < 4.78 is 19.3. The third-order valence-corrected chi connectivity index (χ3v) is 8.67. The summed E-state index contributed by atoms with van der Waals surface area (Å²) in [5.41, 5.74) is 4.29.